The number of fused-ring (bicyclic) bond motifs is 1. The van der Waals surface area contributed by atoms with Crippen molar-refractivity contribution in [3.63, 3.8) is 0 Å². The van der Waals surface area contributed by atoms with Gasteiger partial charge in [-0.3, -0.25) is 4.79 Å². The maximum Gasteiger partial charge on any atom is 0.228 e. The van der Waals surface area contributed by atoms with Crippen LogP contribution in [-0.2, 0) is 11.2 Å². The minimum absolute atomic E-state index is 0.0831. The van der Waals surface area contributed by atoms with Crippen molar-refractivity contribution in [2.75, 3.05) is 63.6 Å². The van der Waals surface area contributed by atoms with Crippen LogP contribution in [-0.4, -0.2) is 79.0 Å². The first kappa shape index (κ1) is 21.1. The van der Waals surface area contributed by atoms with Crippen LogP contribution < -0.4 is 10.2 Å². The van der Waals surface area contributed by atoms with E-state index in [-0.39, 0.29) is 11.8 Å². The average molecular weight is 433 g/mol. The molecule has 7 heteroatoms. The van der Waals surface area contributed by atoms with E-state index in [0.717, 1.165) is 75.6 Å². The number of piperidine rings is 1. The van der Waals surface area contributed by atoms with Crippen molar-refractivity contribution < 1.29 is 4.79 Å². The zero-order valence-corrected chi connectivity index (χ0v) is 19.0. The third-order valence-electron chi connectivity index (χ3n) is 6.99. The van der Waals surface area contributed by atoms with Gasteiger partial charge in [-0.15, -0.1) is 0 Å². The molecule has 0 spiro atoms. The molecule has 3 aliphatic rings. The predicted molar refractivity (Wildman–Crippen MR) is 128 cm³/mol. The van der Waals surface area contributed by atoms with E-state index < -0.39 is 0 Å². The van der Waals surface area contributed by atoms with Crippen LogP contribution in [0.5, 0.6) is 0 Å². The Morgan fingerprint density at radius 1 is 1.00 bits per heavy atom. The molecule has 2 saturated heterocycles. The highest BCUT2D eigenvalue weighted by molar-refractivity contribution is 5.92. The number of likely N-dealkylation sites (N-methyl/N-ethyl adjacent to an activating group) is 1. The summed E-state index contributed by atoms with van der Waals surface area (Å²) in [5.74, 6) is 1.89. The molecule has 2 aromatic rings. The van der Waals surface area contributed by atoms with Crippen molar-refractivity contribution >= 4 is 23.1 Å². The second kappa shape index (κ2) is 9.00. The Labute approximate surface area is 190 Å². The van der Waals surface area contributed by atoms with E-state index >= 15 is 0 Å². The highest BCUT2D eigenvalue weighted by Crippen LogP contribution is 2.34. The zero-order chi connectivity index (χ0) is 22.1. The molecule has 5 rings (SSSR count). The predicted octanol–water partition coefficient (Wildman–Crippen LogP) is 2.50. The summed E-state index contributed by atoms with van der Waals surface area (Å²) >= 11 is 0. The van der Waals surface area contributed by atoms with E-state index in [2.05, 4.69) is 63.4 Å². The lowest BCUT2D eigenvalue weighted by molar-refractivity contribution is -0.121. The lowest BCUT2D eigenvalue weighted by atomic mass is 9.96. The summed E-state index contributed by atoms with van der Waals surface area (Å²) < 4.78 is 0. The third-order valence-corrected chi connectivity index (χ3v) is 6.99. The first-order valence-corrected chi connectivity index (χ1v) is 11.7. The molecule has 0 saturated carbocycles. The smallest absolute Gasteiger partial charge is 0.228 e. The Balaban J connectivity index is 1.28. The molecular formula is C25H32N6O. The molecule has 0 aromatic carbocycles. The van der Waals surface area contributed by atoms with E-state index in [9.17, 15) is 4.79 Å². The summed E-state index contributed by atoms with van der Waals surface area (Å²) in [6.45, 7) is 6.09. The zero-order valence-electron chi connectivity index (χ0n) is 19.0. The van der Waals surface area contributed by atoms with Crippen LogP contribution in [0.1, 0.15) is 29.7 Å². The third kappa shape index (κ3) is 4.40. The number of nitrogens with zero attached hydrogens (tertiary/aromatic N) is 5. The van der Waals surface area contributed by atoms with Crippen molar-refractivity contribution in [3.05, 3.63) is 53.4 Å². The fourth-order valence-corrected chi connectivity index (χ4v) is 4.85. The van der Waals surface area contributed by atoms with Gasteiger partial charge in [0.15, 0.2) is 0 Å². The number of hydrogen-bond donors (Lipinski definition) is 1. The van der Waals surface area contributed by atoms with Gasteiger partial charge in [0.2, 0.25) is 5.91 Å². The Morgan fingerprint density at radius 2 is 1.75 bits per heavy atom. The van der Waals surface area contributed by atoms with E-state index in [4.69, 9.17) is 4.98 Å². The Kier molecular flexibility index (Phi) is 5.93. The number of carbonyl (C=O) groups excluding carboxylic acids is 1. The van der Waals surface area contributed by atoms with E-state index in [1.54, 1.807) is 0 Å². The number of hydrogen-bond acceptors (Lipinski definition) is 6. The average Bonchev–Trinajstić information content (AvgIpc) is 3.23. The second-order valence-corrected chi connectivity index (χ2v) is 9.27. The number of anilines is 2. The number of aromatic nitrogens is 2. The van der Waals surface area contributed by atoms with Crippen molar-refractivity contribution in [2.24, 2.45) is 5.92 Å². The Morgan fingerprint density at radius 3 is 2.53 bits per heavy atom. The Bertz CT molecular complexity index is 1020. The lowest BCUT2D eigenvalue weighted by Gasteiger charge is -2.33. The highest BCUT2D eigenvalue weighted by Gasteiger charge is 2.25. The van der Waals surface area contributed by atoms with Gasteiger partial charge < -0.3 is 20.0 Å². The monoisotopic (exact) mass is 432 g/mol. The van der Waals surface area contributed by atoms with Crippen LogP contribution in [0.15, 0.2) is 36.5 Å². The molecular weight excluding hydrogens is 400 g/mol. The molecule has 7 nitrogen and oxygen atoms in total. The Hall–Kier alpha value is -2.77. The topological polar surface area (TPSA) is 64.6 Å². The second-order valence-electron chi connectivity index (χ2n) is 9.27. The normalized spacial score (nSPS) is 20.2. The molecule has 0 bridgehead atoms. The minimum atomic E-state index is 0.0831. The van der Waals surface area contributed by atoms with E-state index in [1.165, 1.54) is 11.1 Å². The van der Waals surface area contributed by atoms with Crippen molar-refractivity contribution in [1.82, 2.24) is 19.8 Å². The molecule has 0 atom stereocenters. The molecule has 32 heavy (non-hydrogen) atoms. The lowest BCUT2D eigenvalue weighted by Crippen LogP contribution is -2.44. The molecule has 0 radical (unpaired) electrons. The van der Waals surface area contributed by atoms with Gasteiger partial charge in [-0.2, -0.15) is 0 Å². The molecule has 1 amide bonds. The van der Waals surface area contributed by atoms with Gasteiger partial charge in [-0.05, 0) is 75.4 Å². The number of likely N-dealkylation sites (tertiary alicyclic amines) is 1. The largest absolute Gasteiger partial charge is 0.354 e. The van der Waals surface area contributed by atoms with E-state index in [1.807, 2.05) is 12.3 Å². The molecule has 1 N–H and O–H groups in total. The van der Waals surface area contributed by atoms with Crippen molar-refractivity contribution in [2.45, 2.75) is 19.3 Å². The molecule has 4 heterocycles. The van der Waals surface area contributed by atoms with Gasteiger partial charge in [0.05, 0.1) is 5.69 Å². The van der Waals surface area contributed by atoms with Gasteiger partial charge in [0, 0.05) is 50.3 Å². The van der Waals surface area contributed by atoms with Crippen LogP contribution in [0.4, 0.5) is 11.6 Å². The fraction of sp³-hybridized carbons (Fsp3) is 0.480. The molecule has 1 aliphatic carbocycles. The summed E-state index contributed by atoms with van der Waals surface area (Å²) in [4.78, 5) is 29.1. The van der Waals surface area contributed by atoms with Crippen LogP contribution in [0.25, 0.3) is 5.57 Å². The van der Waals surface area contributed by atoms with Crippen molar-refractivity contribution in [1.29, 1.82) is 0 Å². The highest BCUT2D eigenvalue weighted by atomic mass is 16.1. The van der Waals surface area contributed by atoms with Crippen LogP contribution >= 0.6 is 0 Å². The number of allylic oxidation sites excluding steroid dienone is 1. The summed E-state index contributed by atoms with van der Waals surface area (Å²) in [7, 11) is 4.27. The fourth-order valence-electron chi connectivity index (χ4n) is 4.85. The number of amides is 1. The molecule has 0 unspecified atom stereocenters. The number of rotatable bonds is 4. The summed E-state index contributed by atoms with van der Waals surface area (Å²) in [5.41, 5.74) is 4.56. The summed E-state index contributed by atoms with van der Waals surface area (Å²) in [6.07, 6.45) is 6.76. The van der Waals surface area contributed by atoms with Gasteiger partial charge in [0.25, 0.3) is 0 Å². The number of carbonyl (C=O) groups is 1. The van der Waals surface area contributed by atoms with Crippen molar-refractivity contribution in [3.8, 4) is 0 Å². The first-order chi connectivity index (χ1) is 15.6. The van der Waals surface area contributed by atoms with Crippen LogP contribution in [0.3, 0.4) is 0 Å². The molecule has 168 valence electrons. The molecule has 2 aromatic heterocycles. The first-order valence-electron chi connectivity index (χ1n) is 11.7. The molecule has 2 fully saturated rings. The van der Waals surface area contributed by atoms with E-state index in [0.29, 0.717) is 5.82 Å². The van der Waals surface area contributed by atoms with Gasteiger partial charge >= 0.3 is 0 Å². The summed E-state index contributed by atoms with van der Waals surface area (Å²) in [6, 6.07) is 8.31. The SMILES string of the molecule is CN1CCC(C(=O)Nc2ccc3c(n2)CC=C3c2ccnc(N3CCN(C)CC3)c2)CC1. The van der Waals surface area contributed by atoms with Crippen LogP contribution in [0.2, 0.25) is 0 Å². The quantitative estimate of drug-likeness (QED) is 0.801. The minimum Gasteiger partial charge on any atom is -0.354 e. The maximum absolute atomic E-state index is 12.7. The van der Waals surface area contributed by atoms with Gasteiger partial charge in [-0.25, -0.2) is 9.97 Å². The van der Waals surface area contributed by atoms with Gasteiger partial charge in [0.1, 0.15) is 11.6 Å². The number of pyridine rings is 2. The molecule has 2 aliphatic heterocycles. The maximum atomic E-state index is 12.7. The standard InChI is InChI=1S/C25H32N6O/c1-29-11-8-18(9-12-29)25(32)28-23-6-4-21-20(3-5-22(21)27-23)19-7-10-26-24(17-19)31-15-13-30(2)14-16-31/h3-4,6-7,10,17-18H,5,8-9,11-16H2,1-2H3,(H,27,28,32). The number of piperazine rings is 1. The van der Waals surface area contributed by atoms with Crippen LogP contribution in [0, 0.1) is 5.92 Å². The number of nitrogens with one attached hydrogen (secondary N) is 1. The summed E-state index contributed by atoms with van der Waals surface area (Å²) in [5, 5.41) is 3.05. The van der Waals surface area contributed by atoms with Gasteiger partial charge in [-0.1, -0.05) is 6.08 Å².